The molecule has 90 valence electrons. The van der Waals surface area contributed by atoms with Crippen LogP contribution >= 0.6 is 11.8 Å². The molecule has 1 unspecified atom stereocenters. The minimum atomic E-state index is -0.748. The third-order valence-electron chi connectivity index (χ3n) is 2.28. The van der Waals surface area contributed by atoms with Crippen molar-refractivity contribution in [2.24, 2.45) is 0 Å². The van der Waals surface area contributed by atoms with Crippen LogP contribution in [0.4, 0.5) is 0 Å². The highest BCUT2D eigenvalue weighted by molar-refractivity contribution is 7.98. The molecule has 0 fully saturated rings. The monoisotopic (exact) mass is 251 g/mol. The van der Waals surface area contributed by atoms with Gasteiger partial charge < -0.3 is 5.11 Å². The van der Waals surface area contributed by atoms with Gasteiger partial charge in [-0.05, 0) is 18.4 Å². The van der Waals surface area contributed by atoms with Crippen molar-refractivity contribution in [2.75, 3.05) is 12.0 Å². The molecule has 0 aliphatic heterocycles. The lowest BCUT2D eigenvalue weighted by molar-refractivity contribution is 0.194. The first-order chi connectivity index (χ1) is 8.22. The molecule has 0 saturated heterocycles. The first-order valence-electron chi connectivity index (χ1n) is 5.14. The van der Waals surface area contributed by atoms with Crippen LogP contribution in [-0.4, -0.2) is 31.9 Å². The first kappa shape index (κ1) is 11.9. The number of nitrogens with one attached hydrogen (secondary N) is 1. The molecule has 2 rings (SSSR count). The van der Waals surface area contributed by atoms with Gasteiger partial charge in [-0.1, -0.05) is 18.2 Å². The lowest BCUT2D eigenvalue weighted by atomic mass is 10.3. The number of aliphatic hydroxyl groups excluding tert-OH is 1. The smallest absolute Gasteiger partial charge is 0.348 e. The highest BCUT2D eigenvalue weighted by Crippen LogP contribution is 2.12. The molecule has 0 amide bonds. The fourth-order valence-electron chi connectivity index (χ4n) is 1.47. The fraction of sp³-hybridized carbons (Fsp3) is 0.273. The van der Waals surface area contributed by atoms with E-state index in [1.54, 1.807) is 12.1 Å². The fourth-order valence-corrected chi connectivity index (χ4v) is 1.95. The lowest BCUT2D eigenvalue weighted by Gasteiger charge is -2.03. The number of nitrogens with zero attached hydrogens (tertiary/aromatic N) is 2. The number of aromatic nitrogens is 3. The van der Waals surface area contributed by atoms with Gasteiger partial charge in [-0.25, -0.2) is 4.79 Å². The number of hydrogen-bond donors (Lipinski definition) is 2. The Morgan fingerprint density at radius 1 is 1.47 bits per heavy atom. The minimum Gasteiger partial charge on any atom is -0.384 e. The lowest BCUT2D eigenvalue weighted by Crippen LogP contribution is -2.15. The molecule has 0 saturated carbocycles. The summed E-state index contributed by atoms with van der Waals surface area (Å²) >= 11 is 1.49. The van der Waals surface area contributed by atoms with E-state index in [1.165, 1.54) is 16.4 Å². The number of benzene rings is 1. The summed E-state index contributed by atoms with van der Waals surface area (Å²) in [5.74, 6) is 0.801. The third-order valence-corrected chi connectivity index (χ3v) is 2.93. The van der Waals surface area contributed by atoms with Crippen molar-refractivity contribution in [3.63, 3.8) is 0 Å². The topological polar surface area (TPSA) is 70.9 Å². The second-order valence-electron chi connectivity index (χ2n) is 3.53. The number of hydrogen-bond acceptors (Lipinski definition) is 4. The molecule has 1 aromatic heterocycles. The Hall–Kier alpha value is -1.53. The van der Waals surface area contributed by atoms with Gasteiger partial charge in [0.2, 0.25) is 0 Å². The summed E-state index contributed by atoms with van der Waals surface area (Å²) in [5, 5.41) is 13.8. The van der Waals surface area contributed by atoms with Crippen LogP contribution in [0.5, 0.6) is 0 Å². The maximum absolute atomic E-state index is 11.7. The molecule has 1 heterocycles. The van der Waals surface area contributed by atoms with Crippen LogP contribution in [0.2, 0.25) is 0 Å². The predicted octanol–water partition coefficient (Wildman–Crippen LogP) is 0.957. The molecule has 6 heteroatoms. The Morgan fingerprint density at radius 3 is 2.82 bits per heavy atom. The van der Waals surface area contributed by atoms with Crippen molar-refractivity contribution < 1.29 is 5.11 Å². The van der Waals surface area contributed by atoms with Gasteiger partial charge in [-0.3, -0.25) is 4.98 Å². The Labute approximate surface area is 102 Å². The van der Waals surface area contributed by atoms with Crippen molar-refractivity contribution in [3.05, 3.63) is 46.6 Å². The van der Waals surface area contributed by atoms with Crippen LogP contribution in [0.1, 0.15) is 11.9 Å². The van der Waals surface area contributed by atoms with Crippen molar-refractivity contribution in [2.45, 2.75) is 6.10 Å². The number of aliphatic hydroxyl groups is 1. The second kappa shape index (κ2) is 5.20. The highest BCUT2D eigenvalue weighted by Gasteiger charge is 2.14. The molecular weight excluding hydrogens is 238 g/mol. The van der Waals surface area contributed by atoms with E-state index >= 15 is 0 Å². The van der Waals surface area contributed by atoms with E-state index in [2.05, 4.69) is 10.1 Å². The normalized spacial score (nSPS) is 12.6. The molecule has 2 aromatic rings. The van der Waals surface area contributed by atoms with Crippen molar-refractivity contribution >= 4 is 11.8 Å². The molecule has 0 bridgehead atoms. The van der Waals surface area contributed by atoms with Crippen molar-refractivity contribution in [1.82, 2.24) is 14.8 Å². The number of rotatable bonds is 4. The van der Waals surface area contributed by atoms with E-state index in [9.17, 15) is 9.90 Å². The Balaban J connectivity index is 2.35. The minimum absolute atomic E-state index is 0.299. The van der Waals surface area contributed by atoms with E-state index in [-0.39, 0.29) is 5.69 Å². The van der Waals surface area contributed by atoms with Gasteiger partial charge >= 0.3 is 5.69 Å². The summed E-state index contributed by atoms with van der Waals surface area (Å²) in [6, 6.07) is 9.09. The summed E-state index contributed by atoms with van der Waals surface area (Å²) in [5.41, 5.74) is 0.336. The summed E-state index contributed by atoms with van der Waals surface area (Å²) in [6.45, 7) is 0. The molecule has 5 nitrogen and oxygen atoms in total. The molecule has 0 aliphatic rings. The summed E-state index contributed by atoms with van der Waals surface area (Å²) in [6.07, 6.45) is 1.14. The second-order valence-corrected chi connectivity index (χ2v) is 4.44. The molecule has 17 heavy (non-hydrogen) atoms. The molecule has 0 aliphatic carbocycles. The van der Waals surface area contributed by atoms with Crippen LogP contribution in [0.25, 0.3) is 5.69 Å². The SMILES string of the molecule is CSCC(O)c1nn(-c2ccccc2)c(=O)[nH]1. The van der Waals surface area contributed by atoms with Crippen molar-refractivity contribution in [3.8, 4) is 5.69 Å². The third kappa shape index (κ3) is 2.59. The molecule has 2 N–H and O–H groups in total. The summed E-state index contributed by atoms with van der Waals surface area (Å²) in [7, 11) is 0. The number of H-pyrrole nitrogens is 1. The maximum atomic E-state index is 11.7. The predicted molar refractivity (Wildman–Crippen MR) is 67.5 cm³/mol. The van der Waals surface area contributed by atoms with Gasteiger partial charge in [0.05, 0.1) is 5.69 Å². The van der Waals surface area contributed by atoms with Crippen LogP contribution < -0.4 is 5.69 Å². The van der Waals surface area contributed by atoms with Crippen LogP contribution in [0.3, 0.4) is 0 Å². The summed E-state index contributed by atoms with van der Waals surface area (Å²) < 4.78 is 1.25. The standard InChI is InChI=1S/C11H13N3O2S/c1-17-7-9(15)10-12-11(16)14(13-10)8-5-3-2-4-6-8/h2-6,9,15H,7H2,1H3,(H,12,13,16). The molecular formula is C11H13N3O2S. The van der Waals surface area contributed by atoms with Crippen LogP contribution in [-0.2, 0) is 0 Å². The zero-order chi connectivity index (χ0) is 12.3. The van der Waals surface area contributed by atoms with Gasteiger partial charge in [0.1, 0.15) is 6.10 Å². The zero-order valence-corrected chi connectivity index (χ0v) is 10.1. The Kier molecular flexibility index (Phi) is 3.65. The molecule has 0 radical (unpaired) electrons. The molecule has 1 atom stereocenters. The van der Waals surface area contributed by atoms with Gasteiger partial charge in [0.25, 0.3) is 0 Å². The average molecular weight is 251 g/mol. The van der Waals surface area contributed by atoms with Gasteiger partial charge in [-0.2, -0.15) is 16.4 Å². The number of thioether (sulfide) groups is 1. The molecule has 0 spiro atoms. The largest absolute Gasteiger partial charge is 0.384 e. The van der Waals surface area contributed by atoms with E-state index in [0.29, 0.717) is 17.3 Å². The van der Waals surface area contributed by atoms with E-state index in [0.717, 1.165) is 0 Å². The highest BCUT2D eigenvalue weighted by atomic mass is 32.2. The number of aromatic amines is 1. The molecule has 1 aromatic carbocycles. The average Bonchev–Trinajstić information content (AvgIpc) is 2.73. The summed E-state index contributed by atoms with van der Waals surface area (Å²) in [4.78, 5) is 14.2. The van der Waals surface area contributed by atoms with E-state index < -0.39 is 6.10 Å². The Bertz CT molecular complexity index is 535. The zero-order valence-electron chi connectivity index (χ0n) is 9.33. The van der Waals surface area contributed by atoms with E-state index in [4.69, 9.17) is 0 Å². The number of para-hydroxylation sites is 1. The van der Waals surface area contributed by atoms with Gasteiger partial charge in [-0.15, -0.1) is 5.10 Å². The van der Waals surface area contributed by atoms with Crippen molar-refractivity contribution in [1.29, 1.82) is 0 Å². The van der Waals surface area contributed by atoms with Crippen LogP contribution in [0.15, 0.2) is 35.1 Å². The van der Waals surface area contributed by atoms with Gasteiger partial charge in [0, 0.05) is 5.75 Å². The van der Waals surface area contributed by atoms with Crippen LogP contribution in [0, 0.1) is 0 Å². The quantitative estimate of drug-likeness (QED) is 0.849. The first-order valence-corrected chi connectivity index (χ1v) is 6.53. The Morgan fingerprint density at radius 2 is 2.18 bits per heavy atom. The van der Waals surface area contributed by atoms with E-state index in [1.807, 2.05) is 24.5 Å². The van der Waals surface area contributed by atoms with Gasteiger partial charge in [0.15, 0.2) is 5.82 Å². The maximum Gasteiger partial charge on any atom is 0.348 e.